The fourth-order valence-electron chi connectivity index (χ4n) is 2.64. The highest BCUT2D eigenvalue weighted by Crippen LogP contribution is 2.30. The number of nitriles is 1. The van der Waals surface area contributed by atoms with Crippen molar-refractivity contribution in [2.45, 2.75) is 20.0 Å². The molecular formula is C19H16N2O2. The van der Waals surface area contributed by atoms with E-state index >= 15 is 0 Å². The molecule has 0 fully saturated rings. The molecule has 0 spiro atoms. The van der Waals surface area contributed by atoms with Crippen LogP contribution in [-0.2, 0) is 0 Å². The third-order valence-corrected chi connectivity index (χ3v) is 3.80. The van der Waals surface area contributed by atoms with E-state index in [0.29, 0.717) is 11.1 Å². The number of hydrogen-bond donors (Lipinski definition) is 1. The van der Waals surface area contributed by atoms with Crippen LogP contribution in [0.15, 0.2) is 53.5 Å². The van der Waals surface area contributed by atoms with Crippen LogP contribution >= 0.6 is 0 Å². The van der Waals surface area contributed by atoms with Crippen LogP contribution < -0.4 is 10.3 Å². The van der Waals surface area contributed by atoms with E-state index < -0.39 is 6.10 Å². The molecule has 0 aliphatic heterocycles. The first-order chi connectivity index (χ1) is 11.1. The van der Waals surface area contributed by atoms with Gasteiger partial charge in [-0.2, -0.15) is 5.26 Å². The molecule has 2 aromatic carbocycles. The van der Waals surface area contributed by atoms with Crippen LogP contribution in [-0.4, -0.2) is 11.1 Å². The van der Waals surface area contributed by atoms with E-state index in [1.807, 2.05) is 43.3 Å². The molecule has 0 saturated heterocycles. The summed E-state index contributed by atoms with van der Waals surface area (Å²) in [7, 11) is 0. The number of H-pyrrole nitrogens is 1. The minimum Gasteiger partial charge on any atom is -0.476 e. The van der Waals surface area contributed by atoms with E-state index in [4.69, 9.17) is 10.00 Å². The Balaban J connectivity index is 2.20. The van der Waals surface area contributed by atoms with Crippen LogP contribution in [0.4, 0.5) is 0 Å². The van der Waals surface area contributed by atoms with Crippen LogP contribution in [0, 0.1) is 18.3 Å². The second-order valence-corrected chi connectivity index (χ2v) is 5.44. The molecule has 1 N–H and O–H groups in total. The van der Waals surface area contributed by atoms with E-state index in [1.54, 1.807) is 25.3 Å². The SMILES string of the molecule is Cc1ccccc1-c1c[nH]c(=O)c2cc(OC(C)C#N)ccc12. The zero-order valence-electron chi connectivity index (χ0n) is 13.0. The third kappa shape index (κ3) is 2.82. The number of aromatic amines is 1. The molecule has 4 heteroatoms. The number of fused-ring (bicyclic) bond motifs is 1. The van der Waals surface area contributed by atoms with E-state index in [9.17, 15) is 4.79 Å². The normalized spacial score (nSPS) is 11.9. The Hall–Kier alpha value is -3.06. The van der Waals surface area contributed by atoms with Crippen LogP contribution in [0.2, 0.25) is 0 Å². The lowest BCUT2D eigenvalue weighted by molar-refractivity contribution is 0.277. The van der Waals surface area contributed by atoms with Crippen molar-refractivity contribution in [2.75, 3.05) is 0 Å². The largest absolute Gasteiger partial charge is 0.476 e. The summed E-state index contributed by atoms with van der Waals surface area (Å²) in [6, 6.07) is 15.4. The van der Waals surface area contributed by atoms with Crippen LogP contribution in [0.5, 0.6) is 5.75 Å². The Kier molecular flexibility index (Phi) is 3.86. The maximum Gasteiger partial charge on any atom is 0.255 e. The molecule has 1 heterocycles. The maximum absolute atomic E-state index is 12.2. The Morgan fingerprint density at radius 3 is 2.65 bits per heavy atom. The topological polar surface area (TPSA) is 65.9 Å². The zero-order chi connectivity index (χ0) is 16.4. The predicted molar refractivity (Wildman–Crippen MR) is 90.4 cm³/mol. The maximum atomic E-state index is 12.2. The molecule has 0 aliphatic carbocycles. The van der Waals surface area contributed by atoms with Crippen molar-refractivity contribution >= 4 is 10.8 Å². The highest BCUT2D eigenvalue weighted by Gasteiger charge is 2.11. The van der Waals surface area contributed by atoms with Gasteiger partial charge in [0.15, 0.2) is 6.10 Å². The number of pyridine rings is 1. The van der Waals surface area contributed by atoms with Gasteiger partial charge >= 0.3 is 0 Å². The average molecular weight is 304 g/mol. The minimum atomic E-state index is -0.564. The summed E-state index contributed by atoms with van der Waals surface area (Å²) in [5.74, 6) is 0.513. The number of benzene rings is 2. The Labute approximate surface area is 134 Å². The van der Waals surface area contributed by atoms with Crippen molar-refractivity contribution in [2.24, 2.45) is 0 Å². The fourth-order valence-corrected chi connectivity index (χ4v) is 2.64. The summed E-state index contributed by atoms with van der Waals surface area (Å²) in [5, 5.41) is 10.3. The molecule has 0 radical (unpaired) electrons. The summed E-state index contributed by atoms with van der Waals surface area (Å²) in [6.45, 7) is 3.70. The molecule has 3 aromatic rings. The summed E-state index contributed by atoms with van der Waals surface area (Å²) in [5.41, 5.74) is 3.01. The van der Waals surface area contributed by atoms with E-state index in [1.165, 1.54) is 0 Å². The molecule has 1 unspecified atom stereocenters. The number of nitrogens with zero attached hydrogens (tertiary/aromatic N) is 1. The number of hydrogen-bond acceptors (Lipinski definition) is 3. The fraction of sp³-hybridized carbons (Fsp3) is 0.158. The first-order valence-electron chi connectivity index (χ1n) is 7.38. The zero-order valence-corrected chi connectivity index (χ0v) is 13.0. The third-order valence-electron chi connectivity index (χ3n) is 3.80. The van der Waals surface area contributed by atoms with Crippen molar-refractivity contribution in [3.63, 3.8) is 0 Å². The van der Waals surface area contributed by atoms with Crippen molar-refractivity contribution < 1.29 is 4.74 Å². The van der Waals surface area contributed by atoms with Gasteiger partial charge in [0.25, 0.3) is 5.56 Å². The summed E-state index contributed by atoms with van der Waals surface area (Å²) < 4.78 is 5.48. The predicted octanol–water partition coefficient (Wildman–Crippen LogP) is 3.79. The molecular weight excluding hydrogens is 288 g/mol. The molecule has 0 amide bonds. The summed E-state index contributed by atoms with van der Waals surface area (Å²) in [4.78, 5) is 15.0. The van der Waals surface area contributed by atoms with Gasteiger partial charge in [-0.25, -0.2) is 0 Å². The second kappa shape index (κ2) is 5.98. The van der Waals surface area contributed by atoms with Gasteiger partial charge in [0, 0.05) is 11.8 Å². The number of aromatic nitrogens is 1. The molecule has 114 valence electrons. The highest BCUT2D eigenvalue weighted by atomic mass is 16.5. The smallest absolute Gasteiger partial charge is 0.255 e. The van der Waals surface area contributed by atoms with Gasteiger partial charge < -0.3 is 9.72 Å². The number of ether oxygens (including phenoxy) is 1. The molecule has 0 saturated carbocycles. The van der Waals surface area contributed by atoms with Gasteiger partial charge in [0.1, 0.15) is 11.8 Å². The molecule has 3 rings (SSSR count). The van der Waals surface area contributed by atoms with Gasteiger partial charge in [0.2, 0.25) is 0 Å². The van der Waals surface area contributed by atoms with Crippen LogP contribution in [0.1, 0.15) is 12.5 Å². The molecule has 4 nitrogen and oxygen atoms in total. The van der Waals surface area contributed by atoms with E-state index in [-0.39, 0.29) is 5.56 Å². The lowest BCUT2D eigenvalue weighted by Crippen LogP contribution is -2.10. The summed E-state index contributed by atoms with van der Waals surface area (Å²) in [6.07, 6.45) is 1.18. The lowest BCUT2D eigenvalue weighted by atomic mass is 9.97. The van der Waals surface area contributed by atoms with Crippen molar-refractivity contribution in [3.8, 4) is 22.9 Å². The van der Waals surface area contributed by atoms with Gasteiger partial charge in [-0.3, -0.25) is 4.79 Å². The minimum absolute atomic E-state index is 0.174. The van der Waals surface area contributed by atoms with Gasteiger partial charge in [-0.05, 0) is 48.6 Å². The molecule has 1 atom stereocenters. The van der Waals surface area contributed by atoms with E-state index in [0.717, 1.165) is 22.1 Å². The Morgan fingerprint density at radius 1 is 1.13 bits per heavy atom. The molecule has 0 aliphatic rings. The van der Waals surface area contributed by atoms with Crippen molar-refractivity contribution in [1.29, 1.82) is 5.26 Å². The van der Waals surface area contributed by atoms with Crippen LogP contribution in [0.25, 0.3) is 21.9 Å². The molecule has 0 bridgehead atoms. The number of rotatable bonds is 3. The Bertz CT molecular complexity index is 967. The number of nitrogens with one attached hydrogen (secondary N) is 1. The standard InChI is InChI=1S/C19H16N2O2/c1-12-5-3-4-6-15(12)18-11-21-19(22)17-9-14(7-8-16(17)18)23-13(2)10-20/h3-9,11,13H,1-2H3,(H,21,22). The second-order valence-electron chi connectivity index (χ2n) is 5.44. The quantitative estimate of drug-likeness (QED) is 0.800. The Morgan fingerprint density at radius 2 is 1.91 bits per heavy atom. The van der Waals surface area contributed by atoms with Crippen molar-refractivity contribution in [3.05, 3.63) is 64.6 Å². The molecule has 1 aromatic heterocycles. The van der Waals surface area contributed by atoms with Crippen LogP contribution in [0.3, 0.4) is 0 Å². The first-order valence-corrected chi connectivity index (χ1v) is 7.38. The average Bonchev–Trinajstić information content (AvgIpc) is 2.56. The monoisotopic (exact) mass is 304 g/mol. The lowest BCUT2D eigenvalue weighted by Gasteiger charge is -2.11. The molecule has 23 heavy (non-hydrogen) atoms. The van der Waals surface area contributed by atoms with E-state index in [2.05, 4.69) is 4.98 Å². The van der Waals surface area contributed by atoms with Gasteiger partial charge in [-0.15, -0.1) is 0 Å². The highest BCUT2D eigenvalue weighted by molar-refractivity contribution is 5.97. The number of aryl methyl sites for hydroxylation is 1. The van der Waals surface area contributed by atoms with Crippen molar-refractivity contribution in [1.82, 2.24) is 4.98 Å². The summed E-state index contributed by atoms with van der Waals surface area (Å²) >= 11 is 0. The van der Waals surface area contributed by atoms with Gasteiger partial charge in [0.05, 0.1) is 5.39 Å². The van der Waals surface area contributed by atoms with Gasteiger partial charge in [-0.1, -0.05) is 24.3 Å². The first kappa shape index (κ1) is 14.9.